The molecule has 2 amide bonds. The van der Waals surface area contributed by atoms with Crippen molar-refractivity contribution < 1.29 is 14.0 Å². The van der Waals surface area contributed by atoms with Crippen LogP contribution < -0.4 is 15.1 Å². The Morgan fingerprint density at radius 3 is 2.78 bits per heavy atom. The standard InChI is InChI=1S/C21H25N3O3/c25-20(22-12-11-17-6-4-14-27-17)9-10-21(26)24-15-16-5-3-13-23(16)18-7-1-2-8-19(18)24/h1-2,4,6-8,14,16H,3,5,9-13,15H2,(H,22,25)/t16-/m0/s1. The second-order valence-electron chi connectivity index (χ2n) is 7.16. The second-order valence-corrected chi connectivity index (χ2v) is 7.16. The van der Waals surface area contributed by atoms with Crippen LogP contribution in [0.15, 0.2) is 47.1 Å². The molecule has 4 rings (SSSR count). The fourth-order valence-corrected chi connectivity index (χ4v) is 4.05. The van der Waals surface area contributed by atoms with E-state index in [0.717, 1.165) is 36.6 Å². The number of anilines is 2. The lowest BCUT2D eigenvalue weighted by Gasteiger charge is -2.40. The highest BCUT2D eigenvalue weighted by atomic mass is 16.3. The Bertz CT molecular complexity index is 803. The lowest BCUT2D eigenvalue weighted by Crippen LogP contribution is -2.48. The molecule has 1 N–H and O–H groups in total. The largest absolute Gasteiger partial charge is 0.469 e. The molecule has 27 heavy (non-hydrogen) atoms. The van der Waals surface area contributed by atoms with Crippen molar-refractivity contribution in [2.24, 2.45) is 0 Å². The van der Waals surface area contributed by atoms with Crippen LogP contribution in [-0.4, -0.2) is 37.5 Å². The van der Waals surface area contributed by atoms with Crippen LogP contribution in [0, 0.1) is 0 Å². The lowest BCUT2D eigenvalue weighted by molar-refractivity contribution is -0.125. The first kappa shape index (κ1) is 17.6. The Hall–Kier alpha value is -2.76. The average Bonchev–Trinajstić information content (AvgIpc) is 3.37. The summed E-state index contributed by atoms with van der Waals surface area (Å²) in [6, 6.07) is 12.2. The first-order valence-electron chi connectivity index (χ1n) is 9.67. The van der Waals surface area contributed by atoms with Gasteiger partial charge in [0.2, 0.25) is 11.8 Å². The van der Waals surface area contributed by atoms with Crippen LogP contribution in [0.5, 0.6) is 0 Å². The minimum atomic E-state index is -0.0947. The Morgan fingerprint density at radius 2 is 1.96 bits per heavy atom. The zero-order valence-corrected chi connectivity index (χ0v) is 15.4. The summed E-state index contributed by atoms with van der Waals surface area (Å²) >= 11 is 0. The molecule has 3 heterocycles. The molecule has 2 aromatic rings. The molecule has 1 saturated heterocycles. The van der Waals surface area contributed by atoms with Crippen molar-refractivity contribution in [1.82, 2.24) is 5.32 Å². The van der Waals surface area contributed by atoms with Gasteiger partial charge in [0.15, 0.2) is 0 Å². The summed E-state index contributed by atoms with van der Waals surface area (Å²) in [5.74, 6) is 0.773. The predicted molar refractivity (Wildman–Crippen MR) is 104 cm³/mol. The Balaban J connectivity index is 1.31. The van der Waals surface area contributed by atoms with Crippen molar-refractivity contribution in [3.8, 4) is 0 Å². The average molecular weight is 367 g/mol. The summed E-state index contributed by atoms with van der Waals surface area (Å²) in [6.07, 6.45) is 5.00. The number of benzene rings is 1. The summed E-state index contributed by atoms with van der Waals surface area (Å²) in [7, 11) is 0. The summed E-state index contributed by atoms with van der Waals surface area (Å²) in [4.78, 5) is 29.2. The van der Waals surface area contributed by atoms with Crippen LogP contribution in [0.4, 0.5) is 11.4 Å². The highest BCUT2D eigenvalue weighted by molar-refractivity contribution is 5.99. The summed E-state index contributed by atoms with van der Waals surface area (Å²) in [5.41, 5.74) is 2.11. The molecule has 1 atom stereocenters. The van der Waals surface area contributed by atoms with Gasteiger partial charge in [0.05, 0.1) is 17.6 Å². The van der Waals surface area contributed by atoms with Crippen molar-refractivity contribution in [3.05, 3.63) is 48.4 Å². The van der Waals surface area contributed by atoms with E-state index < -0.39 is 0 Å². The van der Waals surface area contributed by atoms with E-state index in [2.05, 4.69) is 16.3 Å². The number of carbonyl (C=O) groups is 2. The van der Waals surface area contributed by atoms with Gasteiger partial charge in [-0.25, -0.2) is 0 Å². The fraction of sp³-hybridized carbons (Fsp3) is 0.429. The molecule has 0 spiro atoms. The van der Waals surface area contributed by atoms with Crippen LogP contribution in [0.3, 0.4) is 0 Å². The second kappa shape index (κ2) is 7.86. The van der Waals surface area contributed by atoms with Gasteiger partial charge in [0, 0.05) is 44.9 Å². The van der Waals surface area contributed by atoms with Gasteiger partial charge in [0.1, 0.15) is 5.76 Å². The van der Waals surface area contributed by atoms with Gasteiger partial charge in [0.25, 0.3) is 0 Å². The molecule has 2 aliphatic rings. The number of hydrogen-bond acceptors (Lipinski definition) is 4. The molecule has 0 saturated carbocycles. The smallest absolute Gasteiger partial charge is 0.227 e. The number of carbonyl (C=O) groups excluding carboxylic acids is 2. The predicted octanol–water partition coefficient (Wildman–Crippen LogP) is 2.73. The minimum Gasteiger partial charge on any atom is -0.469 e. The maximum absolute atomic E-state index is 12.8. The monoisotopic (exact) mass is 367 g/mol. The molecule has 142 valence electrons. The van der Waals surface area contributed by atoms with E-state index in [1.54, 1.807) is 6.26 Å². The number of amides is 2. The molecule has 1 fully saturated rings. The molecule has 0 unspecified atom stereocenters. The third-order valence-electron chi connectivity index (χ3n) is 5.39. The van der Waals surface area contributed by atoms with E-state index in [4.69, 9.17) is 4.42 Å². The normalized spacial score (nSPS) is 18.1. The van der Waals surface area contributed by atoms with E-state index in [9.17, 15) is 9.59 Å². The number of rotatable bonds is 6. The highest BCUT2D eigenvalue weighted by Crippen LogP contribution is 2.39. The van der Waals surface area contributed by atoms with Gasteiger partial charge < -0.3 is 19.5 Å². The fourth-order valence-electron chi connectivity index (χ4n) is 4.05. The Labute approximate surface area is 159 Å². The molecule has 6 nitrogen and oxygen atoms in total. The summed E-state index contributed by atoms with van der Waals surface area (Å²) in [5, 5.41) is 2.86. The van der Waals surface area contributed by atoms with Crippen LogP contribution in [-0.2, 0) is 16.0 Å². The molecule has 2 aliphatic heterocycles. The molecule has 1 aromatic carbocycles. The van der Waals surface area contributed by atoms with Gasteiger partial charge >= 0.3 is 0 Å². The summed E-state index contributed by atoms with van der Waals surface area (Å²) in [6.45, 7) is 2.29. The zero-order valence-electron chi connectivity index (χ0n) is 15.4. The zero-order chi connectivity index (χ0) is 18.6. The van der Waals surface area contributed by atoms with Crippen molar-refractivity contribution in [1.29, 1.82) is 0 Å². The molecule has 1 aromatic heterocycles. The SMILES string of the molecule is O=C(CCC(=O)N1C[C@@H]2CCCN2c2ccccc21)NCCc1ccco1. The van der Waals surface area contributed by atoms with Crippen molar-refractivity contribution in [2.45, 2.75) is 38.1 Å². The minimum absolute atomic E-state index is 0.0233. The van der Waals surface area contributed by atoms with E-state index >= 15 is 0 Å². The molecule has 0 radical (unpaired) electrons. The van der Waals surface area contributed by atoms with Gasteiger partial charge in [-0.15, -0.1) is 0 Å². The number of para-hydroxylation sites is 2. The van der Waals surface area contributed by atoms with E-state index in [0.29, 0.717) is 19.0 Å². The Kier molecular flexibility index (Phi) is 5.14. The van der Waals surface area contributed by atoms with Gasteiger partial charge in [-0.1, -0.05) is 12.1 Å². The molecule has 0 aliphatic carbocycles. The van der Waals surface area contributed by atoms with E-state index in [-0.39, 0.29) is 24.7 Å². The van der Waals surface area contributed by atoms with E-state index in [1.165, 1.54) is 6.42 Å². The Morgan fingerprint density at radius 1 is 1.11 bits per heavy atom. The maximum Gasteiger partial charge on any atom is 0.227 e. The first-order chi connectivity index (χ1) is 13.2. The van der Waals surface area contributed by atoms with Crippen molar-refractivity contribution >= 4 is 23.2 Å². The lowest BCUT2D eigenvalue weighted by atomic mass is 10.1. The van der Waals surface area contributed by atoms with Crippen LogP contribution in [0.2, 0.25) is 0 Å². The number of nitrogens with zero attached hydrogens (tertiary/aromatic N) is 2. The first-order valence-corrected chi connectivity index (χ1v) is 9.67. The molecule has 6 heteroatoms. The number of fused-ring (bicyclic) bond motifs is 3. The molecule has 0 bridgehead atoms. The topological polar surface area (TPSA) is 65.8 Å². The van der Waals surface area contributed by atoms with Crippen LogP contribution in [0.25, 0.3) is 0 Å². The highest BCUT2D eigenvalue weighted by Gasteiger charge is 2.35. The van der Waals surface area contributed by atoms with Gasteiger partial charge in [-0.05, 0) is 37.1 Å². The number of hydrogen-bond donors (Lipinski definition) is 1. The third kappa shape index (κ3) is 3.84. The van der Waals surface area contributed by atoms with Crippen LogP contribution in [0.1, 0.15) is 31.4 Å². The summed E-state index contributed by atoms with van der Waals surface area (Å²) < 4.78 is 5.24. The number of nitrogens with one attached hydrogen (secondary N) is 1. The van der Waals surface area contributed by atoms with Crippen molar-refractivity contribution in [3.63, 3.8) is 0 Å². The van der Waals surface area contributed by atoms with Crippen LogP contribution >= 0.6 is 0 Å². The quantitative estimate of drug-likeness (QED) is 0.853. The molecular weight excluding hydrogens is 342 g/mol. The van der Waals surface area contributed by atoms with Gasteiger partial charge in [-0.2, -0.15) is 0 Å². The molecular formula is C21H25N3O3. The van der Waals surface area contributed by atoms with Gasteiger partial charge in [-0.3, -0.25) is 9.59 Å². The van der Waals surface area contributed by atoms with E-state index in [1.807, 2.05) is 35.2 Å². The third-order valence-corrected chi connectivity index (χ3v) is 5.39. The van der Waals surface area contributed by atoms with Crippen molar-refractivity contribution in [2.75, 3.05) is 29.4 Å². The number of furan rings is 1. The maximum atomic E-state index is 12.8.